The van der Waals surface area contributed by atoms with Gasteiger partial charge in [0, 0.05) is 60.2 Å². The van der Waals surface area contributed by atoms with Crippen LogP contribution in [0.2, 0.25) is 0 Å². The van der Waals surface area contributed by atoms with Crippen LogP contribution >= 0.6 is 0 Å². The average molecular weight is 688 g/mol. The van der Waals surface area contributed by atoms with Gasteiger partial charge < -0.3 is 18.1 Å². The Balaban J connectivity index is 1.19. The third kappa shape index (κ3) is 3.61. The summed E-state index contributed by atoms with van der Waals surface area (Å²) in [6, 6.07) is 64.2. The summed E-state index contributed by atoms with van der Waals surface area (Å²) < 4.78 is 13.7. The van der Waals surface area contributed by atoms with Crippen LogP contribution in [0.25, 0.3) is 115 Å². The maximum Gasteiger partial charge on any atom is 0.135 e. The lowest BCUT2D eigenvalue weighted by atomic mass is 10.0. The van der Waals surface area contributed by atoms with Crippen LogP contribution in [0, 0.1) is 0 Å². The van der Waals surface area contributed by atoms with Gasteiger partial charge in [0.15, 0.2) is 0 Å². The Kier molecular flexibility index (Phi) is 5.34. The first-order valence-electron chi connectivity index (χ1n) is 18.5. The van der Waals surface area contributed by atoms with E-state index in [0.29, 0.717) is 0 Å². The van der Waals surface area contributed by atoms with Gasteiger partial charge >= 0.3 is 0 Å². The van der Waals surface area contributed by atoms with Crippen LogP contribution in [-0.4, -0.2) is 13.7 Å². The van der Waals surface area contributed by atoms with E-state index in [0.717, 1.165) is 39.0 Å². The van der Waals surface area contributed by atoms with Crippen LogP contribution in [0.15, 0.2) is 180 Å². The fourth-order valence-corrected chi connectivity index (χ4v) is 9.53. The van der Waals surface area contributed by atoms with Gasteiger partial charge in [-0.25, -0.2) is 0 Å². The molecule has 0 bridgehead atoms. The zero-order valence-corrected chi connectivity index (χ0v) is 29.0. The molecule has 0 aliphatic heterocycles. The molecule has 0 N–H and O–H groups in total. The number of rotatable bonds is 3. The van der Waals surface area contributed by atoms with Crippen molar-refractivity contribution >= 4 is 98.1 Å². The number of aromatic nitrogens is 3. The normalized spacial score (nSPS) is 12.4. The zero-order valence-electron chi connectivity index (χ0n) is 29.0. The molecule has 0 saturated carbocycles. The smallest absolute Gasteiger partial charge is 0.135 e. The minimum atomic E-state index is 0.894. The lowest BCUT2D eigenvalue weighted by molar-refractivity contribution is 0.669. The van der Waals surface area contributed by atoms with Crippen molar-refractivity contribution in [3.05, 3.63) is 176 Å². The summed E-state index contributed by atoms with van der Waals surface area (Å²) >= 11 is 0. The van der Waals surface area contributed by atoms with Crippen molar-refractivity contribution in [3.8, 4) is 17.1 Å². The van der Waals surface area contributed by atoms with Crippen molar-refractivity contribution in [2.24, 2.45) is 0 Å². The Morgan fingerprint density at radius 1 is 0.278 bits per heavy atom. The predicted octanol–water partition coefficient (Wildman–Crippen LogP) is 13.5. The van der Waals surface area contributed by atoms with Gasteiger partial charge in [-0.3, -0.25) is 0 Å². The monoisotopic (exact) mass is 687 g/mol. The van der Waals surface area contributed by atoms with E-state index in [1.54, 1.807) is 0 Å². The van der Waals surface area contributed by atoms with Crippen molar-refractivity contribution in [2.45, 2.75) is 0 Å². The number of nitrogens with zero attached hydrogens (tertiary/aromatic N) is 3. The van der Waals surface area contributed by atoms with E-state index in [9.17, 15) is 0 Å². The SMILES string of the molecule is c1ccc2c(c1)oc1ccc(-n3c4cc(-n5c6ccccc6c6ccccc65)cc5ccc6cc(-n7c8ccccc8c8ccccc87)cc3c6c54)cc12. The standard InChI is InChI=1S/C50H29N3O/c1-6-16-41-35(11-1)36-12-2-7-17-42(36)52(41)33-25-30-21-22-31-26-34(53-43-18-8-3-13-37(43)38-14-4-9-19-44(38)53)29-46-50(31)49(30)45(28-33)51(46)32-23-24-48-40(27-32)39-15-5-10-20-47(39)54-48/h1-29H. The Morgan fingerprint density at radius 2 is 0.685 bits per heavy atom. The molecule has 9 aromatic carbocycles. The highest BCUT2D eigenvalue weighted by Crippen LogP contribution is 2.44. The maximum absolute atomic E-state index is 6.32. The van der Waals surface area contributed by atoms with E-state index in [-0.39, 0.29) is 0 Å². The van der Waals surface area contributed by atoms with Crippen LogP contribution in [0.5, 0.6) is 0 Å². The van der Waals surface area contributed by atoms with Crippen LogP contribution in [0.4, 0.5) is 0 Å². The van der Waals surface area contributed by atoms with Gasteiger partial charge in [-0.15, -0.1) is 0 Å². The Bertz CT molecular complexity index is 3390. The molecule has 0 amide bonds. The first-order chi connectivity index (χ1) is 26.8. The number of para-hydroxylation sites is 5. The summed E-state index contributed by atoms with van der Waals surface area (Å²) in [6.07, 6.45) is 0. The van der Waals surface area contributed by atoms with Gasteiger partial charge in [0.05, 0.1) is 33.1 Å². The van der Waals surface area contributed by atoms with E-state index in [4.69, 9.17) is 4.42 Å². The predicted molar refractivity (Wildman–Crippen MR) is 225 cm³/mol. The second kappa shape index (κ2) is 10.2. The molecule has 250 valence electrons. The number of furan rings is 1. The number of benzene rings is 9. The molecular weight excluding hydrogens is 659 g/mol. The Hall–Kier alpha value is -7.30. The molecule has 4 nitrogen and oxygen atoms in total. The summed E-state index contributed by atoms with van der Waals surface area (Å²) in [5.74, 6) is 0. The van der Waals surface area contributed by atoms with Crippen molar-refractivity contribution in [2.75, 3.05) is 0 Å². The molecule has 0 radical (unpaired) electrons. The Morgan fingerprint density at radius 3 is 1.19 bits per heavy atom. The molecule has 0 unspecified atom stereocenters. The molecule has 0 fully saturated rings. The first-order valence-corrected chi connectivity index (χ1v) is 18.5. The van der Waals surface area contributed by atoms with Gasteiger partial charge in [-0.05, 0) is 83.6 Å². The molecule has 13 rings (SSSR count). The van der Waals surface area contributed by atoms with Gasteiger partial charge in [0.2, 0.25) is 0 Å². The maximum atomic E-state index is 6.32. The largest absolute Gasteiger partial charge is 0.456 e. The summed E-state index contributed by atoms with van der Waals surface area (Å²) in [7, 11) is 0. The highest BCUT2D eigenvalue weighted by Gasteiger charge is 2.23. The van der Waals surface area contributed by atoms with E-state index in [1.807, 2.05) is 6.07 Å². The topological polar surface area (TPSA) is 27.9 Å². The first kappa shape index (κ1) is 28.3. The van der Waals surface area contributed by atoms with Crippen molar-refractivity contribution in [1.82, 2.24) is 13.7 Å². The fourth-order valence-electron chi connectivity index (χ4n) is 9.53. The van der Waals surface area contributed by atoms with Gasteiger partial charge in [0.1, 0.15) is 11.2 Å². The average Bonchev–Trinajstić information content (AvgIpc) is 3.96. The third-order valence-electron chi connectivity index (χ3n) is 11.7. The van der Waals surface area contributed by atoms with Crippen LogP contribution in [-0.2, 0) is 0 Å². The second-order valence-corrected chi connectivity index (χ2v) is 14.5. The molecule has 0 aliphatic carbocycles. The van der Waals surface area contributed by atoms with Crippen LogP contribution < -0.4 is 0 Å². The van der Waals surface area contributed by atoms with E-state index in [1.165, 1.54) is 76.2 Å². The third-order valence-corrected chi connectivity index (χ3v) is 11.7. The van der Waals surface area contributed by atoms with Gasteiger partial charge in [-0.2, -0.15) is 0 Å². The summed E-state index contributed by atoms with van der Waals surface area (Å²) in [6.45, 7) is 0. The number of hydrogen-bond acceptors (Lipinski definition) is 1. The molecule has 0 aliphatic rings. The molecular formula is C50H29N3O. The quantitative estimate of drug-likeness (QED) is 0.170. The van der Waals surface area contributed by atoms with Crippen LogP contribution in [0.1, 0.15) is 0 Å². The van der Waals surface area contributed by atoms with E-state index in [2.05, 4.69) is 184 Å². The highest BCUT2D eigenvalue weighted by molar-refractivity contribution is 6.26. The van der Waals surface area contributed by atoms with E-state index >= 15 is 0 Å². The molecule has 0 spiro atoms. The van der Waals surface area contributed by atoms with Gasteiger partial charge in [0.25, 0.3) is 0 Å². The molecule has 4 aromatic heterocycles. The molecule has 0 atom stereocenters. The van der Waals surface area contributed by atoms with Crippen molar-refractivity contribution in [3.63, 3.8) is 0 Å². The Labute approximate surface area is 308 Å². The fraction of sp³-hybridized carbons (Fsp3) is 0. The summed E-state index contributed by atoms with van der Waals surface area (Å²) in [5.41, 5.74) is 12.3. The van der Waals surface area contributed by atoms with E-state index < -0.39 is 0 Å². The molecule has 4 heterocycles. The molecule has 13 aromatic rings. The lowest BCUT2D eigenvalue weighted by Gasteiger charge is -2.13. The number of fused-ring (bicyclic) bond motifs is 9. The molecule has 4 heteroatoms. The minimum absolute atomic E-state index is 0.894. The second-order valence-electron chi connectivity index (χ2n) is 14.5. The van der Waals surface area contributed by atoms with Crippen molar-refractivity contribution in [1.29, 1.82) is 0 Å². The zero-order chi connectivity index (χ0) is 35.1. The molecule has 0 saturated heterocycles. The minimum Gasteiger partial charge on any atom is -0.456 e. The van der Waals surface area contributed by atoms with Crippen LogP contribution in [0.3, 0.4) is 0 Å². The summed E-state index contributed by atoms with van der Waals surface area (Å²) in [4.78, 5) is 0. The van der Waals surface area contributed by atoms with Gasteiger partial charge in [-0.1, -0.05) is 103 Å². The summed E-state index contributed by atoms with van der Waals surface area (Å²) in [5, 5.41) is 12.3. The van der Waals surface area contributed by atoms with Crippen molar-refractivity contribution < 1.29 is 4.42 Å². The molecule has 54 heavy (non-hydrogen) atoms. The highest BCUT2D eigenvalue weighted by atomic mass is 16.3. The lowest BCUT2D eigenvalue weighted by Crippen LogP contribution is -1.98. The number of hydrogen-bond donors (Lipinski definition) is 0.